The Morgan fingerprint density at radius 1 is 1.31 bits per heavy atom. The van der Waals surface area contributed by atoms with E-state index in [9.17, 15) is 18.0 Å². The van der Waals surface area contributed by atoms with Gasteiger partial charge in [-0.3, -0.25) is 9.89 Å². The average molecular weight is 361 g/mol. The van der Waals surface area contributed by atoms with Gasteiger partial charge in [0.05, 0.1) is 17.5 Å². The van der Waals surface area contributed by atoms with Crippen LogP contribution in [0.5, 0.6) is 0 Å². The second kappa shape index (κ2) is 5.76. The largest absolute Gasteiger partial charge is 0.455 e. The summed E-state index contributed by atoms with van der Waals surface area (Å²) in [5, 5.41) is 9.42. The number of hydrogen-bond donors (Lipinski definition) is 2. The third-order valence-corrected chi connectivity index (χ3v) is 4.46. The highest BCUT2D eigenvalue weighted by molar-refractivity contribution is 6.04. The second-order valence-electron chi connectivity index (χ2n) is 6.16. The number of nitrogens with zero attached hydrogens (tertiary/aromatic N) is 1. The molecule has 134 valence electrons. The third kappa shape index (κ3) is 2.67. The molecule has 1 aliphatic rings. The van der Waals surface area contributed by atoms with Crippen LogP contribution in [0.1, 0.15) is 33.0 Å². The second-order valence-corrected chi connectivity index (χ2v) is 6.16. The molecule has 1 aliphatic carbocycles. The maximum absolute atomic E-state index is 12.8. The first-order chi connectivity index (χ1) is 12.3. The van der Waals surface area contributed by atoms with Crippen molar-refractivity contribution in [3.8, 4) is 11.3 Å². The lowest BCUT2D eigenvalue weighted by Crippen LogP contribution is -2.13. The van der Waals surface area contributed by atoms with Crippen LogP contribution in [-0.2, 0) is 19.0 Å². The molecular weight excluding hydrogens is 347 g/mol. The van der Waals surface area contributed by atoms with Crippen LogP contribution in [0.25, 0.3) is 11.3 Å². The molecule has 0 saturated carbocycles. The molecule has 1 amide bonds. The van der Waals surface area contributed by atoms with E-state index in [-0.39, 0.29) is 11.4 Å². The maximum Gasteiger partial charge on any atom is 0.416 e. The summed E-state index contributed by atoms with van der Waals surface area (Å²) in [4.78, 5) is 12.6. The summed E-state index contributed by atoms with van der Waals surface area (Å²) in [5.41, 5.74) is 2.54. The number of aryl methyl sites for hydroxylation is 2. The Balaban J connectivity index is 1.65. The van der Waals surface area contributed by atoms with Gasteiger partial charge in [-0.15, -0.1) is 0 Å². The van der Waals surface area contributed by atoms with Crippen molar-refractivity contribution in [1.82, 2.24) is 10.2 Å². The molecule has 0 fully saturated rings. The summed E-state index contributed by atoms with van der Waals surface area (Å²) in [5.74, 6) is 0.181. The Labute approximate surface area is 146 Å². The van der Waals surface area contributed by atoms with Gasteiger partial charge in [0, 0.05) is 23.2 Å². The molecule has 5 nitrogen and oxygen atoms in total. The van der Waals surface area contributed by atoms with Gasteiger partial charge in [0.15, 0.2) is 5.76 Å². The molecule has 1 aromatic carbocycles. The zero-order chi connectivity index (χ0) is 18.5. The Bertz CT molecular complexity index is 1000. The van der Waals surface area contributed by atoms with Crippen LogP contribution >= 0.6 is 0 Å². The van der Waals surface area contributed by atoms with E-state index in [1.165, 1.54) is 12.1 Å². The number of carbonyl (C=O) groups excluding carboxylic acids is 1. The van der Waals surface area contributed by atoms with Gasteiger partial charge in [-0.1, -0.05) is 6.07 Å². The number of alkyl halides is 3. The van der Waals surface area contributed by atoms with E-state index < -0.39 is 17.6 Å². The molecule has 2 heterocycles. The first-order valence-electron chi connectivity index (χ1n) is 7.98. The van der Waals surface area contributed by atoms with Crippen LogP contribution in [0.4, 0.5) is 18.9 Å². The molecule has 0 aliphatic heterocycles. The molecule has 0 saturated heterocycles. The number of benzene rings is 1. The van der Waals surface area contributed by atoms with Crippen LogP contribution in [0, 0.1) is 6.92 Å². The number of nitrogens with one attached hydrogen (secondary N) is 2. The van der Waals surface area contributed by atoms with Gasteiger partial charge < -0.3 is 9.73 Å². The van der Waals surface area contributed by atoms with Gasteiger partial charge in [0.25, 0.3) is 5.91 Å². The Kier molecular flexibility index (Phi) is 3.64. The number of halogens is 3. The molecule has 2 N–H and O–H groups in total. The molecule has 8 heteroatoms. The van der Waals surface area contributed by atoms with Crippen molar-refractivity contribution in [2.75, 3.05) is 5.32 Å². The fourth-order valence-electron chi connectivity index (χ4n) is 3.22. The summed E-state index contributed by atoms with van der Waals surface area (Å²) in [6.07, 6.45) is -1.34. The summed E-state index contributed by atoms with van der Waals surface area (Å²) in [7, 11) is 0. The van der Waals surface area contributed by atoms with E-state index >= 15 is 0 Å². The molecule has 0 bridgehead atoms. The van der Waals surface area contributed by atoms with Gasteiger partial charge in [-0.25, -0.2) is 0 Å². The predicted molar refractivity (Wildman–Crippen MR) is 87.8 cm³/mol. The number of fused-ring (bicyclic) bond motifs is 3. The lowest BCUT2D eigenvalue weighted by molar-refractivity contribution is -0.137. The van der Waals surface area contributed by atoms with Crippen molar-refractivity contribution in [1.29, 1.82) is 0 Å². The SMILES string of the molecule is Cc1c(C(=O)Nc2cccc(C(F)(F)F)c2)oc2c1-c1[nH]ncc1CC2. The number of rotatable bonds is 2. The van der Waals surface area contributed by atoms with E-state index in [0.29, 0.717) is 17.7 Å². The average Bonchev–Trinajstić information content (AvgIpc) is 3.18. The minimum absolute atomic E-state index is 0.0563. The molecule has 4 rings (SSSR count). The van der Waals surface area contributed by atoms with Crippen molar-refractivity contribution in [2.24, 2.45) is 0 Å². The van der Waals surface area contributed by atoms with Crippen molar-refractivity contribution in [3.05, 3.63) is 58.7 Å². The normalized spacial score (nSPS) is 13.2. The summed E-state index contributed by atoms with van der Waals surface area (Å²) < 4.78 is 44.2. The highest BCUT2D eigenvalue weighted by atomic mass is 19.4. The van der Waals surface area contributed by atoms with Crippen LogP contribution in [0.3, 0.4) is 0 Å². The van der Waals surface area contributed by atoms with Gasteiger partial charge >= 0.3 is 6.18 Å². The van der Waals surface area contributed by atoms with Crippen molar-refractivity contribution < 1.29 is 22.4 Å². The zero-order valence-corrected chi connectivity index (χ0v) is 13.7. The Morgan fingerprint density at radius 3 is 2.88 bits per heavy atom. The molecule has 0 radical (unpaired) electrons. The van der Waals surface area contributed by atoms with E-state index in [1.807, 2.05) is 0 Å². The first kappa shape index (κ1) is 16.4. The summed E-state index contributed by atoms with van der Waals surface area (Å²) >= 11 is 0. The number of hydrogen-bond acceptors (Lipinski definition) is 3. The van der Waals surface area contributed by atoms with Crippen molar-refractivity contribution in [3.63, 3.8) is 0 Å². The third-order valence-electron chi connectivity index (χ3n) is 4.46. The van der Waals surface area contributed by atoms with E-state index in [1.54, 1.807) is 13.1 Å². The van der Waals surface area contributed by atoms with Crippen LogP contribution in [0.2, 0.25) is 0 Å². The molecule has 0 atom stereocenters. The smallest absolute Gasteiger partial charge is 0.416 e. The fourth-order valence-corrected chi connectivity index (χ4v) is 3.22. The highest BCUT2D eigenvalue weighted by Crippen LogP contribution is 2.38. The fraction of sp³-hybridized carbons (Fsp3) is 0.222. The van der Waals surface area contributed by atoms with E-state index in [0.717, 1.165) is 35.4 Å². The minimum Gasteiger partial charge on any atom is -0.455 e. The summed E-state index contributed by atoms with van der Waals surface area (Å²) in [6.45, 7) is 1.75. The van der Waals surface area contributed by atoms with Crippen LogP contribution in [0.15, 0.2) is 34.9 Å². The number of aromatic nitrogens is 2. The van der Waals surface area contributed by atoms with Crippen molar-refractivity contribution >= 4 is 11.6 Å². The van der Waals surface area contributed by atoms with Crippen LogP contribution < -0.4 is 5.32 Å². The van der Waals surface area contributed by atoms with Gasteiger partial charge in [0.1, 0.15) is 5.76 Å². The molecule has 2 aromatic heterocycles. The standard InChI is InChI=1S/C18H14F3N3O2/c1-9-14-13(6-5-10-8-22-24-15(10)14)26-16(9)17(25)23-12-4-2-3-11(7-12)18(19,20)21/h2-4,7-8H,5-6H2,1H3,(H,22,24)(H,23,25). The van der Waals surface area contributed by atoms with E-state index in [4.69, 9.17) is 4.42 Å². The number of anilines is 1. The van der Waals surface area contributed by atoms with Gasteiger partial charge in [0.2, 0.25) is 0 Å². The maximum atomic E-state index is 12.8. The Hall–Kier alpha value is -3.03. The topological polar surface area (TPSA) is 70.9 Å². The predicted octanol–water partition coefficient (Wildman–Crippen LogP) is 4.35. The number of H-pyrrole nitrogens is 1. The lowest BCUT2D eigenvalue weighted by atomic mass is 9.93. The molecule has 3 aromatic rings. The number of aromatic amines is 1. The molecule has 0 unspecified atom stereocenters. The number of carbonyl (C=O) groups is 1. The minimum atomic E-state index is -4.47. The number of furan rings is 1. The van der Waals surface area contributed by atoms with Gasteiger partial charge in [-0.2, -0.15) is 18.3 Å². The first-order valence-corrected chi connectivity index (χ1v) is 7.98. The highest BCUT2D eigenvalue weighted by Gasteiger charge is 2.31. The zero-order valence-electron chi connectivity index (χ0n) is 13.7. The lowest BCUT2D eigenvalue weighted by Gasteiger charge is -2.10. The Morgan fingerprint density at radius 2 is 2.12 bits per heavy atom. The molecular formula is C18H14F3N3O2. The quantitative estimate of drug-likeness (QED) is 0.713. The van der Waals surface area contributed by atoms with E-state index in [2.05, 4.69) is 15.5 Å². The molecule has 0 spiro atoms. The van der Waals surface area contributed by atoms with Crippen LogP contribution in [-0.4, -0.2) is 16.1 Å². The monoisotopic (exact) mass is 361 g/mol. The number of amides is 1. The molecule has 26 heavy (non-hydrogen) atoms. The van der Waals surface area contributed by atoms with Gasteiger partial charge in [-0.05, 0) is 37.1 Å². The van der Waals surface area contributed by atoms with Crippen molar-refractivity contribution in [2.45, 2.75) is 25.9 Å². The summed E-state index contributed by atoms with van der Waals surface area (Å²) in [6, 6.07) is 4.49.